The van der Waals surface area contributed by atoms with Crippen molar-refractivity contribution in [2.24, 2.45) is 7.05 Å². The van der Waals surface area contributed by atoms with Gasteiger partial charge in [-0.05, 0) is 43.5 Å². The molecule has 4 rings (SSSR count). The monoisotopic (exact) mass is 488 g/mol. The standard InChI is InChI=1S/C23H26F2N6O4/c1-30-10-3-5-18(30)22(34)31-11-8-16(19(31)21(33)27-17-4-2-9-26-20(17)32)29-23(35)28-15-7-6-13(24)12-14(15)25/h3,5-7,10,12,16-17,19H,2,4,8-9,11H2,1H3,(H,26,32)(H,27,33)(H2,28,29,35)/t16-,17+,19-/m0/s1. The number of nitrogens with one attached hydrogen (secondary N) is 4. The highest BCUT2D eigenvalue weighted by molar-refractivity contribution is 5.99. The van der Waals surface area contributed by atoms with Crippen molar-refractivity contribution in [3.63, 3.8) is 0 Å². The molecule has 0 aliphatic carbocycles. The third-order valence-electron chi connectivity index (χ3n) is 6.19. The van der Waals surface area contributed by atoms with Crippen LogP contribution in [0.1, 0.15) is 29.8 Å². The molecule has 2 aliphatic rings. The minimum absolute atomic E-state index is 0.175. The normalized spacial score (nSPS) is 21.9. The van der Waals surface area contributed by atoms with Gasteiger partial charge in [-0.25, -0.2) is 13.6 Å². The molecule has 0 bridgehead atoms. The quantitative estimate of drug-likeness (QED) is 0.503. The third-order valence-corrected chi connectivity index (χ3v) is 6.19. The molecule has 1 aromatic heterocycles. The van der Waals surface area contributed by atoms with E-state index in [0.29, 0.717) is 31.1 Å². The topological polar surface area (TPSA) is 125 Å². The molecule has 2 fully saturated rings. The zero-order chi connectivity index (χ0) is 25.1. The van der Waals surface area contributed by atoms with Gasteiger partial charge in [0.1, 0.15) is 29.4 Å². The average Bonchev–Trinajstić information content (AvgIpc) is 3.43. The predicted molar refractivity (Wildman–Crippen MR) is 121 cm³/mol. The van der Waals surface area contributed by atoms with Gasteiger partial charge in [-0.3, -0.25) is 14.4 Å². The molecule has 4 N–H and O–H groups in total. The summed E-state index contributed by atoms with van der Waals surface area (Å²) < 4.78 is 28.7. The van der Waals surface area contributed by atoms with E-state index in [0.717, 1.165) is 12.1 Å². The van der Waals surface area contributed by atoms with E-state index in [-0.39, 0.29) is 24.6 Å². The minimum Gasteiger partial charge on any atom is -0.354 e. The first-order valence-corrected chi connectivity index (χ1v) is 11.3. The fraction of sp³-hybridized carbons (Fsp3) is 0.391. The Kier molecular flexibility index (Phi) is 6.99. The summed E-state index contributed by atoms with van der Waals surface area (Å²) >= 11 is 0. The number of urea groups is 1. The highest BCUT2D eigenvalue weighted by atomic mass is 19.1. The second-order valence-electron chi connectivity index (χ2n) is 8.56. The number of aromatic nitrogens is 1. The van der Waals surface area contributed by atoms with Gasteiger partial charge in [0.15, 0.2) is 0 Å². The molecular weight excluding hydrogens is 462 g/mol. The summed E-state index contributed by atoms with van der Waals surface area (Å²) in [6, 6.07) is 2.56. The van der Waals surface area contributed by atoms with E-state index in [4.69, 9.17) is 0 Å². The van der Waals surface area contributed by atoms with E-state index in [1.54, 1.807) is 29.9 Å². The highest BCUT2D eigenvalue weighted by Gasteiger charge is 2.44. The van der Waals surface area contributed by atoms with Crippen LogP contribution in [-0.4, -0.2) is 64.4 Å². The van der Waals surface area contributed by atoms with Crippen LogP contribution in [0.15, 0.2) is 36.5 Å². The fourth-order valence-corrected chi connectivity index (χ4v) is 4.41. The number of aryl methyl sites for hydroxylation is 1. The second kappa shape index (κ2) is 10.1. The summed E-state index contributed by atoms with van der Waals surface area (Å²) in [6.07, 6.45) is 3.11. The molecule has 186 valence electrons. The summed E-state index contributed by atoms with van der Waals surface area (Å²) in [4.78, 5) is 52.6. The van der Waals surface area contributed by atoms with Gasteiger partial charge in [-0.15, -0.1) is 0 Å². The summed E-state index contributed by atoms with van der Waals surface area (Å²) in [5.41, 5.74) is 0.121. The summed E-state index contributed by atoms with van der Waals surface area (Å²) in [7, 11) is 1.70. The molecule has 3 heterocycles. The highest BCUT2D eigenvalue weighted by Crippen LogP contribution is 2.23. The maximum Gasteiger partial charge on any atom is 0.319 e. The molecule has 2 aromatic rings. The number of nitrogens with zero attached hydrogens (tertiary/aromatic N) is 2. The van der Waals surface area contributed by atoms with Crippen molar-refractivity contribution in [2.75, 3.05) is 18.4 Å². The number of hydrogen-bond acceptors (Lipinski definition) is 4. The van der Waals surface area contributed by atoms with Crippen molar-refractivity contribution < 1.29 is 28.0 Å². The second-order valence-corrected chi connectivity index (χ2v) is 8.56. The molecule has 2 saturated heterocycles. The summed E-state index contributed by atoms with van der Waals surface area (Å²) in [5, 5.41) is 10.3. The van der Waals surface area contributed by atoms with E-state index < -0.39 is 47.6 Å². The molecule has 2 aliphatic heterocycles. The lowest BCUT2D eigenvalue weighted by molar-refractivity contribution is -0.132. The van der Waals surface area contributed by atoms with Crippen LogP contribution >= 0.6 is 0 Å². The van der Waals surface area contributed by atoms with E-state index >= 15 is 0 Å². The predicted octanol–water partition coefficient (Wildman–Crippen LogP) is 1.10. The van der Waals surface area contributed by atoms with Crippen LogP contribution < -0.4 is 21.3 Å². The Balaban J connectivity index is 1.53. The van der Waals surface area contributed by atoms with Crippen molar-refractivity contribution in [1.82, 2.24) is 25.4 Å². The largest absolute Gasteiger partial charge is 0.354 e. The lowest BCUT2D eigenvalue weighted by Gasteiger charge is -2.30. The number of halogens is 2. The molecule has 0 saturated carbocycles. The van der Waals surface area contributed by atoms with E-state index in [1.807, 2.05) is 0 Å². The first-order valence-electron chi connectivity index (χ1n) is 11.3. The Bertz CT molecular complexity index is 1150. The average molecular weight is 488 g/mol. The Morgan fingerprint density at radius 3 is 2.60 bits per heavy atom. The van der Waals surface area contributed by atoms with E-state index in [1.165, 1.54) is 4.90 Å². The van der Waals surface area contributed by atoms with Gasteiger partial charge >= 0.3 is 6.03 Å². The number of benzene rings is 1. The van der Waals surface area contributed by atoms with Crippen molar-refractivity contribution in [2.45, 2.75) is 37.4 Å². The van der Waals surface area contributed by atoms with Gasteiger partial charge in [-0.1, -0.05) is 0 Å². The number of carbonyl (C=O) groups is 4. The van der Waals surface area contributed by atoms with Crippen LogP contribution in [0.5, 0.6) is 0 Å². The van der Waals surface area contributed by atoms with Gasteiger partial charge in [0.25, 0.3) is 5.91 Å². The molecule has 0 spiro atoms. The van der Waals surface area contributed by atoms with Gasteiger partial charge in [0, 0.05) is 32.4 Å². The van der Waals surface area contributed by atoms with Gasteiger partial charge in [-0.2, -0.15) is 0 Å². The van der Waals surface area contributed by atoms with Crippen molar-refractivity contribution in [3.05, 3.63) is 53.9 Å². The molecule has 12 heteroatoms. The van der Waals surface area contributed by atoms with E-state index in [2.05, 4.69) is 21.3 Å². The molecular formula is C23H26F2N6O4. The summed E-state index contributed by atoms with van der Waals surface area (Å²) in [6.45, 7) is 0.700. The summed E-state index contributed by atoms with van der Waals surface area (Å²) in [5.74, 6) is -3.03. The first-order chi connectivity index (χ1) is 16.7. The molecule has 1 aromatic carbocycles. The van der Waals surface area contributed by atoms with E-state index in [9.17, 15) is 28.0 Å². The first kappa shape index (κ1) is 24.2. The Morgan fingerprint density at radius 1 is 1.11 bits per heavy atom. The number of hydrogen-bond donors (Lipinski definition) is 4. The van der Waals surface area contributed by atoms with Crippen LogP contribution in [0.4, 0.5) is 19.3 Å². The number of carbonyl (C=O) groups excluding carboxylic acids is 4. The molecule has 0 radical (unpaired) electrons. The van der Waals surface area contributed by atoms with Crippen molar-refractivity contribution in [1.29, 1.82) is 0 Å². The fourth-order valence-electron chi connectivity index (χ4n) is 4.41. The smallest absolute Gasteiger partial charge is 0.319 e. The molecule has 10 nitrogen and oxygen atoms in total. The maximum absolute atomic E-state index is 13.9. The van der Waals surface area contributed by atoms with Crippen LogP contribution in [0.3, 0.4) is 0 Å². The number of anilines is 1. The van der Waals surface area contributed by atoms with Crippen LogP contribution in [0.2, 0.25) is 0 Å². The van der Waals surface area contributed by atoms with Gasteiger partial charge in [0.2, 0.25) is 11.8 Å². The van der Waals surface area contributed by atoms with Gasteiger partial charge < -0.3 is 30.7 Å². The van der Waals surface area contributed by atoms with Crippen LogP contribution in [0, 0.1) is 11.6 Å². The zero-order valence-corrected chi connectivity index (χ0v) is 19.0. The maximum atomic E-state index is 13.9. The van der Waals surface area contributed by atoms with Crippen LogP contribution in [-0.2, 0) is 16.6 Å². The number of amides is 5. The number of piperidine rings is 1. The molecule has 3 atom stereocenters. The third kappa shape index (κ3) is 5.26. The van der Waals surface area contributed by atoms with Crippen molar-refractivity contribution >= 4 is 29.4 Å². The zero-order valence-electron chi connectivity index (χ0n) is 19.0. The number of rotatable bonds is 5. The SMILES string of the molecule is Cn1cccc1C(=O)N1CC[C@H](NC(=O)Nc2ccc(F)cc2F)[C@H]1C(=O)N[C@@H]1CCCNC1=O. The lowest BCUT2D eigenvalue weighted by atomic mass is 10.0. The number of likely N-dealkylation sites (tertiary alicyclic amines) is 1. The molecule has 5 amide bonds. The Morgan fingerprint density at radius 2 is 1.91 bits per heavy atom. The Hall–Kier alpha value is -3.96. The lowest BCUT2D eigenvalue weighted by Crippen LogP contribution is -2.59. The van der Waals surface area contributed by atoms with Crippen LogP contribution in [0.25, 0.3) is 0 Å². The molecule has 0 unspecified atom stereocenters. The van der Waals surface area contributed by atoms with Crippen molar-refractivity contribution in [3.8, 4) is 0 Å². The molecule has 35 heavy (non-hydrogen) atoms. The minimum atomic E-state index is -1.10. The van der Waals surface area contributed by atoms with Gasteiger partial charge in [0.05, 0.1) is 11.7 Å². The Labute approximate surface area is 200 Å².